The fraction of sp³-hybridized carbons (Fsp3) is 0.688. The van der Waals surface area contributed by atoms with Gasteiger partial charge in [0, 0.05) is 22.7 Å². The molecule has 1 heteroatoms. The largest absolute Gasteiger partial charge is 0.298 e. The summed E-state index contributed by atoms with van der Waals surface area (Å²) >= 11 is 0. The van der Waals surface area contributed by atoms with Gasteiger partial charge in [0.2, 0.25) is 0 Å². The Balaban J connectivity index is 2.25. The van der Waals surface area contributed by atoms with E-state index >= 15 is 0 Å². The van der Waals surface area contributed by atoms with Gasteiger partial charge >= 0.3 is 0 Å². The van der Waals surface area contributed by atoms with Crippen LogP contribution < -0.4 is 0 Å². The lowest BCUT2D eigenvalue weighted by Crippen LogP contribution is -2.55. The van der Waals surface area contributed by atoms with Crippen molar-refractivity contribution in [1.29, 1.82) is 0 Å². The molecule has 1 nitrogen and oxygen atoms in total. The van der Waals surface area contributed by atoms with E-state index < -0.39 is 0 Å². The predicted molar refractivity (Wildman–Crippen MR) is 69.6 cm³/mol. The summed E-state index contributed by atoms with van der Waals surface area (Å²) in [4.78, 5) is 12.8. The van der Waals surface area contributed by atoms with Crippen LogP contribution in [0.5, 0.6) is 0 Å². The summed E-state index contributed by atoms with van der Waals surface area (Å²) in [5.41, 5.74) is 2.73. The highest BCUT2D eigenvalue weighted by atomic mass is 16.1. The maximum Gasteiger partial charge on any atom is 0.146 e. The van der Waals surface area contributed by atoms with E-state index in [1.54, 1.807) is 5.57 Å². The first-order valence-electron chi connectivity index (χ1n) is 6.82. The topological polar surface area (TPSA) is 17.1 Å². The molecule has 0 aromatic heterocycles. The molecule has 0 N–H and O–H groups in total. The molecule has 0 aliphatic heterocycles. The first-order valence-corrected chi connectivity index (χ1v) is 6.82. The van der Waals surface area contributed by atoms with Crippen LogP contribution in [0, 0.1) is 22.7 Å². The van der Waals surface area contributed by atoms with E-state index in [1.165, 1.54) is 12.0 Å². The van der Waals surface area contributed by atoms with E-state index in [0.717, 1.165) is 12.8 Å². The standard InChI is InChI=1S/C16H22O/c1-10(2)13-11-6-7-12(13)16(4)9-5-8-15(11,3)14(16)17/h6-7,11-12H,5,8-9H2,1-4H3/t11-,12+,15+,16-. The second-order valence-corrected chi connectivity index (χ2v) is 6.81. The van der Waals surface area contributed by atoms with Gasteiger partial charge in [-0.25, -0.2) is 0 Å². The Labute approximate surface area is 104 Å². The van der Waals surface area contributed by atoms with Gasteiger partial charge in [-0.3, -0.25) is 4.79 Å². The van der Waals surface area contributed by atoms with E-state index in [9.17, 15) is 4.79 Å². The Morgan fingerprint density at radius 2 is 1.59 bits per heavy atom. The molecule has 0 saturated heterocycles. The first kappa shape index (κ1) is 11.3. The fourth-order valence-electron chi connectivity index (χ4n) is 4.65. The zero-order valence-corrected chi connectivity index (χ0v) is 11.3. The zero-order valence-electron chi connectivity index (χ0n) is 11.3. The third kappa shape index (κ3) is 1.13. The molecule has 0 heterocycles. The van der Waals surface area contributed by atoms with Gasteiger partial charge in [-0.2, -0.15) is 0 Å². The van der Waals surface area contributed by atoms with Crippen LogP contribution in [0.15, 0.2) is 23.3 Å². The highest BCUT2D eigenvalue weighted by molar-refractivity contribution is 5.94. The van der Waals surface area contributed by atoms with Gasteiger partial charge in [0.05, 0.1) is 0 Å². The molecular formula is C16H22O. The molecule has 0 aromatic rings. The van der Waals surface area contributed by atoms with Gasteiger partial charge in [-0.05, 0) is 26.7 Å². The molecule has 17 heavy (non-hydrogen) atoms. The van der Waals surface area contributed by atoms with Gasteiger partial charge < -0.3 is 0 Å². The number of rotatable bonds is 0. The first-order chi connectivity index (χ1) is 7.91. The number of allylic oxidation sites excluding steroid dienone is 4. The summed E-state index contributed by atoms with van der Waals surface area (Å²) in [5.74, 6) is 1.30. The second-order valence-electron chi connectivity index (χ2n) is 6.81. The van der Waals surface area contributed by atoms with E-state index in [4.69, 9.17) is 0 Å². The van der Waals surface area contributed by atoms with Gasteiger partial charge in [0.25, 0.3) is 0 Å². The van der Waals surface area contributed by atoms with E-state index in [-0.39, 0.29) is 10.8 Å². The molecule has 4 atom stereocenters. The molecular weight excluding hydrogens is 208 g/mol. The normalized spacial score (nSPS) is 47.5. The maximum atomic E-state index is 12.8. The van der Waals surface area contributed by atoms with Crippen LogP contribution in [0.1, 0.15) is 47.0 Å². The molecule has 92 valence electrons. The minimum Gasteiger partial charge on any atom is -0.298 e. The maximum absolute atomic E-state index is 12.8. The van der Waals surface area contributed by atoms with Crippen molar-refractivity contribution in [3.05, 3.63) is 23.3 Å². The van der Waals surface area contributed by atoms with Gasteiger partial charge in [0.1, 0.15) is 5.78 Å². The van der Waals surface area contributed by atoms with Crippen LogP contribution in [0.4, 0.5) is 0 Å². The minimum absolute atomic E-state index is 0.122. The number of Topliss-reactive ketones (excluding diaryl/α,β-unsaturated/α-hetero) is 1. The molecule has 0 aromatic carbocycles. The number of fused-ring (bicyclic) bond motifs is 6. The fourth-order valence-corrected chi connectivity index (χ4v) is 4.65. The van der Waals surface area contributed by atoms with Crippen molar-refractivity contribution in [1.82, 2.24) is 0 Å². The smallest absolute Gasteiger partial charge is 0.146 e. The average Bonchev–Trinajstić information content (AvgIpc) is 2.68. The number of hydrogen-bond donors (Lipinski definition) is 0. The van der Waals surface area contributed by atoms with Crippen LogP contribution in [0.2, 0.25) is 0 Å². The lowest BCUT2D eigenvalue weighted by molar-refractivity contribution is -0.148. The van der Waals surface area contributed by atoms with E-state index in [1.807, 2.05) is 0 Å². The molecule has 2 fully saturated rings. The summed E-state index contributed by atoms with van der Waals surface area (Å²) in [6.07, 6.45) is 7.99. The van der Waals surface area contributed by atoms with Crippen molar-refractivity contribution in [2.24, 2.45) is 22.7 Å². The lowest BCUT2D eigenvalue weighted by atomic mass is 9.48. The summed E-state index contributed by atoms with van der Waals surface area (Å²) in [7, 11) is 0. The molecule has 2 saturated carbocycles. The number of ketones is 1. The van der Waals surface area contributed by atoms with Crippen molar-refractivity contribution in [2.45, 2.75) is 47.0 Å². The van der Waals surface area contributed by atoms with Crippen LogP contribution in [0.25, 0.3) is 0 Å². The quantitative estimate of drug-likeness (QED) is 0.577. The summed E-state index contributed by atoms with van der Waals surface area (Å²) in [6.45, 7) is 8.82. The molecule has 3 aliphatic carbocycles. The molecule has 0 unspecified atom stereocenters. The SMILES string of the molecule is CC(C)=C1[C@H]2C=C[C@@H]1[C@@]1(C)CCC[C@]2(C)C1=O. The highest BCUT2D eigenvalue weighted by Crippen LogP contribution is 2.63. The van der Waals surface area contributed by atoms with Crippen LogP contribution in [-0.2, 0) is 4.79 Å². The van der Waals surface area contributed by atoms with Crippen molar-refractivity contribution < 1.29 is 4.79 Å². The number of carbonyl (C=O) groups excluding carboxylic acids is 1. The van der Waals surface area contributed by atoms with Crippen molar-refractivity contribution in [3.8, 4) is 0 Å². The monoisotopic (exact) mass is 230 g/mol. The lowest BCUT2D eigenvalue weighted by Gasteiger charge is -2.53. The Bertz CT molecular complexity index is 420. The Morgan fingerprint density at radius 3 is 2.00 bits per heavy atom. The summed E-state index contributed by atoms with van der Waals surface area (Å²) in [6, 6.07) is 0. The number of carbonyl (C=O) groups is 1. The van der Waals surface area contributed by atoms with Crippen LogP contribution >= 0.6 is 0 Å². The van der Waals surface area contributed by atoms with E-state index in [0.29, 0.717) is 17.6 Å². The molecule has 3 rings (SSSR count). The molecule has 0 radical (unpaired) electrons. The minimum atomic E-state index is -0.122. The van der Waals surface area contributed by atoms with E-state index in [2.05, 4.69) is 39.8 Å². The van der Waals surface area contributed by atoms with Gasteiger partial charge in [0.15, 0.2) is 0 Å². The predicted octanol–water partition coefficient (Wildman–Crippen LogP) is 3.90. The summed E-state index contributed by atoms with van der Waals surface area (Å²) < 4.78 is 0. The molecule has 4 bridgehead atoms. The van der Waals surface area contributed by atoms with Crippen molar-refractivity contribution >= 4 is 5.78 Å². The van der Waals surface area contributed by atoms with Crippen LogP contribution in [-0.4, -0.2) is 5.78 Å². The van der Waals surface area contributed by atoms with Gasteiger partial charge in [-0.15, -0.1) is 0 Å². The second kappa shape index (κ2) is 3.13. The average molecular weight is 230 g/mol. The summed E-state index contributed by atoms with van der Waals surface area (Å²) in [5, 5.41) is 0. The Kier molecular flexibility index (Phi) is 2.07. The van der Waals surface area contributed by atoms with Crippen LogP contribution in [0.3, 0.4) is 0 Å². The highest BCUT2D eigenvalue weighted by Gasteiger charge is 2.62. The molecule has 3 aliphatic rings. The van der Waals surface area contributed by atoms with Gasteiger partial charge in [-0.1, -0.05) is 43.6 Å². The van der Waals surface area contributed by atoms with Crippen molar-refractivity contribution in [3.63, 3.8) is 0 Å². The third-order valence-corrected chi connectivity index (χ3v) is 5.55. The Morgan fingerprint density at radius 1 is 1.12 bits per heavy atom. The zero-order chi connectivity index (χ0) is 12.4. The number of hydrogen-bond acceptors (Lipinski definition) is 1. The van der Waals surface area contributed by atoms with Crippen molar-refractivity contribution in [2.75, 3.05) is 0 Å². The third-order valence-electron chi connectivity index (χ3n) is 5.55. The molecule has 0 amide bonds. The Hall–Kier alpha value is -0.850. The molecule has 0 spiro atoms.